The van der Waals surface area contributed by atoms with Crippen molar-refractivity contribution in [3.8, 4) is 0 Å². The van der Waals surface area contributed by atoms with Gasteiger partial charge >= 0.3 is 0 Å². The van der Waals surface area contributed by atoms with E-state index in [2.05, 4.69) is 4.98 Å². The molecule has 0 aliphatic carbocycles. The highest BCUT2D eigenvalue weighted by molar-refractivity contribution is 8.00. The number of pyridine rings is 1. The van der Waals surface area contributed by atoms with E-state index < -0.39 is 5.82 Å². The average molecular weight is 353 g/mol. The van der Waals surface area contributed by atoms with Gasteiger partial charge in [0.2, 0.25) is 5.91 Å². The van der Waals surface area contributed by atoms with E-state index in [1.54, 1.807) is 25.4 Å². The summed E-state index contributed by atoms with van der Waals surface area (Å²) >= 11 is 7.39. The summed E-state index contributed by atoms with van der Waals surface area (Å²) in [5, 5.41) is 0.791. The number of hydrogen-bond donors (Lipinski definition) is 0. The lowest BCUT2D eigenvalue weighted by molar-refractivity contribution is -0.129. The van der Waals surface area contributed by atoms with Gasteiger partial charge < -0.3 is 4.90 Å². The Labute approximate surface area is 144 Å². The van der Waals surface area contributed by atoms with Crippen LogP contribution in [0.15, 0.2) is 41.6 Å². The van der Waals surface area contributed by atoms with Crippen molar-refractivity contribution in [1.29, 1.82) is 0 Å². The van der Waals surface area contributed by atoms with Gasteiger partial charge in [0.25, 0.3) is 0 Å². The first kappa shape index (κ1) is 17.8. The molecule has 0 aliphatic heterocycles. The van der Waals surface area contributed by atoms with E-state index in [1.165, 1.54) is 22.7 Å². The predicted molar refractivity (Wildman–Crippen MR) is 92.2 cm³/mol. The SMILES string of the molecule is Cc1ccc(SC(C)C(=O)N(C)Cc2c(F)cccc2Cl)nc1. The van der Waals surface area contributed by atoms with Gasteiger partial charge in [0.05, 0.1) is 10.3 Å². The third kappa shape index (κ3) is 4.69. The van der Waals surface area contributed by atoms with Crippen LogP contribution in [-0.4, -0.2) is 28.1 Å². The van der Waals surface area contributed by atoms with Crippen LogP contribution in [0.2, 0.25) is 5.02 Å². The molecule has 1 atom stereocenters. The summed E-state index contributed by atoms with van der Waals surface area (Å²) < 4.78 is 13.8. The number of nitrogens with zero attached hydrogens (tertiary/aromatic N) is 2. The first-order valence-electron chi connectivity index (χ1n) is 7.15. The Morgan fingerprint density at radius 1 is 1.39 bits per heavy atom. The molecule has 0 fully saturated rings. The second-order valence-electron chi connectivity index (χ2n) is 5.33. The van der Waals surface area contributed by atoms with Gasteiger partial charge in [-0.05, 0) is 37.6 Å². The molecule has 6 heteroatoms. The van der Waals surface area contributed by atoms with E-state index in [-0.39, 0.29) is 17.7 Å². The first-order chi connectivity index (χ1) is 10.9. The molecule has 0 spiro atoms. The maximum Gasteiger partial charge on any atom is 0.235 e. The highest BCUT2D eigenvalue weighted by atomic mass is 35.5. The van der Waals surface area contributed by atoms with Crippen LogP contribution >= 0.6 is 23.4 Å². The van der Waals surface area contributed by atoms with Crippen LogP contribution in [0.5, 0.6) is 0 Å². The molecular formula is C17H18ClFN2OS. The Morgan fingerprint density at radius 2 is 2.13 bits per heavy atom. The average Bonchev–Trinajstić information content (AvgIpc) is 2.52. The zero-order valence-corrected chi connectivity index (χ0v) is 14.8. The zero-order valence-electron chi connectivity index (χ0n) is 13.2. The Morgan fingerprint density at radius 3 is 2.74 bits per heavy atom. The van der Waals surface area contributed by atoms with Crippen molar-refractivity contribution in [3.63, 3.8) is 0 Å². The Balaban J connectivity index is 2.02. The largest absolute Gasteiger partial charge is 0.340 e. The molecule has 0 bridgehead atoms. The second kappa shape index (κ2) is 7.79. The van der Waals surface area contributed by atoms with Crippen LogP contribution in [0.4, 0.5) is 4.39 Å². The fraction of sp³-hybridized carbons (Fsp3) is 0.294. The lowest BCUT2D eigenvalue weighted by Gasteiger charge is -2.21. The van der Waals surface area contributed by atoms with Crippen LogP contribution in [0.1, 0.15) is 18.1 Å². The maximum atomic E-state index is 13.8. The van der Waals surface area contributed by atoms with E-state index in [9.17, 15) is 9.18 Å². The fourth-order valence-electron chi connectivity index (χ4n) is 2.06. The molecule has 1 aromatic heterocycles. The Hall–Kier alpha value is -1.59. The summed E-state index contributed by atoms with van der Waals surface area (Å²) in [7, 11) is 1.64. The number of hydrogen-bond acceptors (Lipinski definition) is 3. The summed E-state index contributed by atoms with van der Waals surface area (Å²) in [6, 6.07) is 8.35. The highest BCUT2D eigenvalue weighted by Gasteiger charge is 2.21. The number of rotatable bonds is 5. The monoisotopic (exact) mass is 352 g/mol. The number of aromatic nitrogens is 1. The minimum atomic E-state index is -0.405. The van der Waals surface area contributed by atoms with E-state index >= 15 is 0 Å². The highest BCUT2D eigenvalue weighted by Crippen LogP contribution is 2.24. The quantitative estimate of drug-likeness (QED) is 0.751. The summed E-state index contributed by atoms with van der Waals surface area (Å²) in [4.78, 5) is 18.2. The van der Waals surface area contributed by atoms with Crippen LogP contribution in [0.3, 0.4) is 0 Å². The van der Waals surface area contributed by atoms with E-state index in [0.29, 0.717) is 10.6 Å². The van der Waals surface area contributed by atoms with Crippen molar-refractivity contribution >= 4 is 29.3 Å². The molecule has 1 unspecified atom stereocenters. The number of benzene rings is 1. The molecule has 122 valence electrons. The number of thioether (sulfide) groups is 1. The van der Waals surface area contributed by atoms with Gasteiger partial charge in [-0.25, -0.2) is 9.37 Å². The molecule has 0 N–H and O–H groups in total. The van der Waals surface area contributed by atoms with Crippen molar-refractivity contribution in [1.82, 2.24) is 9.88 Å². The molecule has 1 aromatic carbocycles. The molecule has 0 saturated heterocycles. The molecule has 0 aliphatic rings. The normalized spacial score (nSPS) is 12.0. The topological polar surface area (TPSA) is 33.2 Å². The molecule has 3 nitrogen and oxygen atoms in total. The molecule has 2 rings (SSSR count). The van der Waals surface area contributed by atoms with Crippen molar-refractivity contribution in [3.05, 3.63) is 58.5 Å². The molecule has 1 amide bonds. The van der Waals surface area contributed by atoms with Gasteiger partial charge in [0, 0.05) is 30.4 Å². The van der Waals surface area contributed by atoms with Crippen molar-refractivity contribution in [2.24, 2.45) is 0 Å². The van der Waals surface area contributed by atoms with Crippen LogP contribution in [0, 0.1) is 12.7 Å². The summed E-state index contributed by atoms with van der Waals surface area (Å²) in [5.41, 5.74) is 1.40. The van der Waals surface area contributed by atoms with Crippen LogP contribution < -0.4 is 0 Å². The number of halogens is 2. The number of carbonyl (C=O) groups is 1. The Bertz CT molecular complexity index is 673. The molecule has 1 heterocycles. The van der Waals surface area contributed by atoms with Gasteiger partial charge in [-0.15, -0.1) is 0 Å². The van der Waals surface area contributed by atoms with Gasteiger partial charge in [-0.3, -0.25) is 4.79 Å². The summed E-state index contributed by atoms with van der Waals surface area (Å²) in [5.74, 6) is -0.505. The van der Waals surface area contributed by atoms with E-state index in [4.69, 9.17) is 11.6 Å². The Kier molecular flexibility index (Phi) is 6.02. The van der Waals surface area contributed by atoms with E-state index in [1.807, 2.05) is 26.0 Å². The third-order valence-corrected chi connectivity index (χ3v) is 4.75. The minimum absolute atomic E-state index is 0.100. The minimum Gasteiger partial charge on any atom is -0.340 e. The van der Waals surface area contributed by atoms with E-state index in [0.717, 1.165) is 10.6 Å². The maximum absolute atomic E-state index is 13.8. The molecule has 23 heavy (non-hydrogen) atoms. The lowest BCUT2D eigenvalue weighted by atomic mass is 10.2. The predicted octanol–water partition coefficient (Wildman–Crippen LogP) is 4.32. The summed E-state index contributed by atoms with van der Waals surface area (Å²) in [6.45, 7) is 3.91. The first-order valence-corrected chi connectivity index (χ1v) is 8.41. The lowest BCUT2D eigenvalue weighted by Crippen LogP contribution is -2.33. The number of amides is 1. The zero-order chi connectivity index (χ0) is 17.0. The molecular weight excluding hydrogens is 335 g/mol. The summed E-state index contributed by atoms with van der Waals surface area (Å²) in [6.07, 6.45) is 1.77. The van der Waals surface area contributed by atoms with Crippen LogP contribution in [-0.2, 0) is 11.3 Å². The fourth-order valence-corrected chi connectivity index (χ4v) is 3.19. The van der Waals surface area contributed by atoms with Gasteiger partial charge in [0.15, 0.2) is 0 Å². The van der Waals surface area contributed by atoms with Gasteiger partial charge in [-0.2, -0.15) is 0 Å². The third-order valence-electron chi connectivity index (χ3n) is 3.36. The van der Waals surface area contributed by atoms with Gasteiger partial charge in [0.1, 0.15) is 5.82 Å². The molecule has 0 radical (unpaired) electrons. The smallest absolute Gasteiger partial charge is 0.235 e. The van der Waals surface area contributed by atoms with Crippen molar-refractivity contribution in [2.45, 2.75) is 30.7 Å². The van der Waals surface area contributed by atoms with Gasteiger partial charge in [-0.1, -0.05) is 35.5 Å². The number of carbonyl (C=O) groups excluding carboxylic acids is 1. The van der Waals surface area contributed by atoms with Crippen molar-refractivity contribution in [2.75, 3.05) is 7.05 Å². The molecule has 2 aromatic rings. The number of aryl methyl sites for hydroxylation is 1. The molecule has 0 saturated carbocycles. The van der Waals surface area contributed by atoms with Crippen molar-refractivity contribution < 1.29 is 9.18 Å². The van der Waals surface area contributed by atoms with Crippen LogP contribution in [0.25, 0.3) is 0 Å². The second-order valence-corrected chi connectivity index (χ2v) is 7.10. The standard InChI is InChI=1S/C17H18ClFN2OS/c1-11-7-8-16(20-9-11)23-12(2)17(22)21(3)10-13-14(18)5-4-6-15(13)19/h4-9,12H,10H2,1-3H3.